The van der Waals surface area contributed by atoms with Crippen molar-refractivity contribution in [1.29, 1.82) is 0 Å². The van der Waals surface area contributed by atoms with Crippen molar-refractivity contribution in [2.45, 2.75) is 38.6 Å². The summed E-state index contributed by atoms with van der Waals surface area (Å²) < 4.78 is 1.76. The number of nitrogens with one attached hydrogen (secondary N) is 1. The number of hydrogen-bond donors (Lipinski definition) is 1. The van der Waals surface area contributed by atoms with Crippen LogP contribution in [-0.4, -0.2) is 25.0 Å². The van der Waals surface area contributed by atoms with Crippen molar-refractivity contribution in [2.24, 2.45) is 0 Å². The molecule has 148 valence electrons. The summed E-state index contributed by atoms with van der Waals surface area (Å²) >= 11 is 5.95. The Kier molecular flexibility index (Phi) is 5.71. The Balaban J connectivity index is 1.52. The predicted octanol–water partition coefficient (Wildman–Crippen LogP) is 4.34. The van der Waals surface area contributed by atoms with E-state index in [-0.39, 0.29) is 17.1 Å². The summed E-state index contributed by atoms with van der Waals surface area (Å²) in [7, 11) is 0. The van der Waals surface area contributed by atoms with E-state index in [0.29, 0.717) is 22.9 Å². The van der Waals surface area contributed by atoms with Gasteiger partial charge in [-0.1, -0.05) is 59.3 Å². The fraction of sp³-hybridized carbons (Fsp3) is 0.273. The van der Waals surface area contributed by atoms with Crippen LogP contribution >= 0.6 is 11.6 Å². The van der Waals surface area contributed by atoms with Crippen LogP contribution in [0.15, 0.2) is 59.4 Å². The zero-order chi connectivity index (χ0) is 20.2. The van der Waals surface area contributed by atoms with E-state index in [1.54, 1.807) is 4.68 Å². The van der Waals surface area contributed by atoms with Gasteiger partial charge in [0.05, 0.1) is 6.04 Å². The van der Waals surface area contributed by atoms with Crippen LogP contribution in [0.25, 0.3) is 11.2 Å². The van der Waals surface area contributed by atoms with E-state index in [0.717, 1.165) is 24.8 Å². The van der Waals surface area contributed by atoms with Gasteiger partial charge in [0.2, 0.25) is 0 Å². The second-order valence-electron chi connectivity index (χ2n) is 7.25. The predicted molar refractivity (Wildman–Crippen MR) is 114 cm³/mol. The number of hydrogen-bond acceptors (Lipinski definition) is 4. The van der Waals surface area contributed by atoms with Gasteiger partial charge in [0.25, 0.3) is 5.56 Å². The minimum atomic E-state index is -0.262. The van der Waals surface area contributed by atoms with Crippen molar-refractivity contribution in [2.75, 3.05) is 0 Å². The number of aromatic amines is 1. The molecule has 2 aromatic carbocycles. The van der Waals surface area contributed by atoms with Gasteiger partial charge in [0.15, 0.2) is 11.2 Å². The van der Waals surface area contributed by atoms with Gasteiger partial charge in [-0.05, 0) is 49.4 Å². The van der Waals surface area contributed by atoms with Crippen LogP contribution in [0, 0.1) is 0 Å². The molecule has 7 heteroatoms. The fourth-order valence-electron chi connectivity index (χ4n) is 3.43. The third-order valence-corrected chi connectivity index (χ3v) is 5.27. The third-order valence-electron chi connectivity index (χ3n) is 5.02. The SMILES string of the molecule is CC(CCCc1ccccc1)n1nnc2c(=O)[nH]c(Cc3ccc(Cl)cc3)nc21. The lowest BCUT2D eigenvalue weighted by atomic mass is 10.1. The van der Waals surface area contributed by atoms with Crippen molar-refractivity contribution >= 4 is 22.8 Å². The van der Waals surface area contributed by atoms with E-state index in [4.69, 9.17) is 11.6 Å². The van der Waals surface area contributed by atoms with E-state index >= 15 is 0 Å². The molecule has 1 unspecified atom stereocenters. The van der Waals surface area contributed by atoms with Crippen molar-refractivity contribution in [3.63, 3.8) is 0 Å². The van der Waals surface area contributed by atoms with Gasteiger partial charge in [0, 0.05) is 11.4 Å². The highest BCUT2D eigenvalue weighted by Crippen LogP contribution is 2.18. The number of fused-ring (bicyclic) bond motifs is 1. The second kappa shape index (κ2) is 8.57. The molecule has 1 atom stereocenters. The average molecular weight is 408 g/mol. The van der Waals surface area contributed by atoms with Crippen molar-refractivity contribution < 1.29 is 0 Å². The molecular weight excluding hydrogens is 386 g/mol. The van der Waals surface area contributed by atoms with Crippen molar-refractivity contribution in [3.8, 4) is 0 Å². The molecule has 29 heavy (non-hydrogen) atoms. The monoisotopic (exact) mass is 407 g/mol. The highest BCUT2D eigenvalue weighted by Gasteiger charge is 2.16. The van der Waals surface area contributed by atoms with E-state index in [2.05, 4.69) is 51.5 Å². The van der Waals surface area contributed by atoms with Crippen LogP contribution in [0.1, 0.15) is 42.8 Å². The van der Waals surface area contributed by atoms with E-state index in [1.165, 1.54) is 5.56 Å². The van der Waals surface area contributed by atoms with Crippen LogP contribution < -0.4 is 5.56 Å². The van der Waals surface area contributed by atoms with Gasteiger partial charge in [-0.25, -0.2) is 9.67 Å². The maximum atomic E-state index is 12.4. The maximum absolute atomic E-state index is 12.4. The van der Waals surface area contributed by atoms with Gasteiger partial charge in [-0.2, -0.15) is 0 Å². The largest absolute Gasteiger partial charge is 0.308 e. The highest BCUT2D eigenvalue weighted by atomic mass is 35.5. The summed E-state index contributed by atoms with van der Waals surface area (Å²) in [6, 6.07) is 18.0. The molecule has 0 spiro atoms. The summed E-state index contributed by atoms with van der Waals surface area (Å²) in [5, 5.41) is 8.94. The standard InChI is InChI=1S/C22H22ClN5O/c1-15(6-5-9-16-7-3-2-4-8-16)28-21-20(26-27-28)22(29)25-19(24-21)14-17-10-12-18(23)13-11-17/h2-4,7-8,10-13,15H,5-6,9,14H2,1H3,(H,24,25,29). The molecule has 2 aromatic heterocycles. The number of rotatable bonds is 7. The molecule has 6 nitrogen and oxygen atoms in total. The smallest absolute Gasteiger partial charge is 0.281 e. The molecule has 4 rings (SSSR count). The molecule has 0 saturated heterocycles. The number of benzene rings is 2. The first-order chi connectivity index (χ1) is 14.1. The zero-order valence-electron chi connectivity index (χ0n) is 16.2. The van der Waals surface area contributed by atoms with E-state index in [9.17, 15) is 4.79 Å². The molecule has 4 aromatic rings. The minimum Gasteiger partial charge on any atom is -0.308 e. The Bertz CT molecular complexity index is 1150. The lowest BCUT2D eigenvalue weighted by Gasteiger charge is -2.12. The summed E-state index contributed by atoms with van der Waals surface area (Å²) in [5.74, 6) is 0.588. The van der Waals surface area contributed by atoms with Crippen LogP contribution in [0.3, 0.4) is 0 Å². The summed E-state index contributed by atoms with van der Waals surface area (Å²) in [6.07, 6.45) is 3.46. The lowest BCUT2D eigenvalue weighted by molar-refractivity contribution is 0.444. The number of halogens is 1. The highest BCUT2D eigenvalue weighted by molar-refractivity contribution is 6.30. The molecule has 0 aliphatic carbocycles. The van der Waals surface area contributed by atoms with Crippen LogP contribution in [0.2, 0.25) is 5.02 Å². The molecule has 1 N–H and O–H groups in total. The molecule has 0 saturated carbocycles. The first-order valence-electron chi connectivity index (χ1n) is 9.72. The van der Waals surface area contributed by atoms with Crippen molar-refractivity contribution in [1.82, 2.24) is 25.0 Å². The van der Waals surface area contributed by atoms with E-state index < -0.39 is 0 Å². The van der Waals surface area contributed by atoms with Gasteiger partial charge in [0.1, 0.15) is 5.82 Å². The molecule has 2 heterocycles. The topological polar surface area (TPSA) is 76.5 Å². The minimum absolute atomic E-state index is 0.0985. The molecule has 0 amide bonds. The van der Waals surface area contributed by atoms with Crippen LogP contribution in [0.5, 0.6) is 0 Å². The summed E-state index contributed by atoms with van der Waals surface area (Å²) in [5.41, 5.74) is 2.89. The number of aryl methyl sites for hydroxylation is 1. The molecule has 0 radical (unpaired) electrons. The Morgan fingerprint density at radius 3 is 2.59 bits per heavy atom. The Hall–Kier alpha value is -2.99. The fourth-order valence-corrected chi connectivity index (χ4v) is 3.56. The third kappa shape index (κ3) is 4.54. The maximum Gasteiger partial charge on any atom is 0.281 e. The van der Waals surface area contributed by atoms with Crippen molar-refractivity contribution in [3.05, 3.63) is 86.9 Å². The Morgan fingerprint density at radius 1 is 1.07 bits per heavy atom. The van der Waals surface area contributed by atoms with E-state index in [1.807, 2.05) is 30.3 Å². The van der Waals surface area contributed by atoms with Crippen LogP contribution in [0.4, 0.5) is 0 Å². The van der Waals surface area contributed by atoms with Gasteiger partial charge >= 0.3 is 0 Å². The number of aromatic nitrogens is 5. The molecule has 0 fully saturated rings. The summed E-state index contributed by atoms with van der Waals surface area (Å²) in [6.45, 7) is 2.08. The summed E-state index contributed by atoms with van der Waals surface area (Å²) in [4.78, 5) is 19.9. The first kappa shape index (κ1) is 19.3. The quantitative estimate of drug-likeness (QED) is 0.494. The zero-order valence-corrected chi connectivity index (χ0v) is 16.9. The molecular formula is C22H22ClN5O. The normalized spacial score (nSPS) is 12.3. The van der Waals surface area contributed by atoms with Gasteiger partial charge in [-0.3, -0.25) is 4.79 Å². The molecule has 0 bridgehead atoms. The number of nitrogens with zero attached hydrogens (tertiary/aromatic N) is 4. The molecule has 0 aliphatic rings. The number of H-pyrrole nitrogens is 1. The lowest BCUT2D eigenvalue weighted by Crippen LogP contribution is -2.15. The van der Waals surface area contributed by atoms with Gasteiger partial charge in [-0.15, -0.1) is 5.10 Å². The first-order valence-corrected chi connectivity index (χ1v) is 10.1. The Morgan fingerprint density at radius 2 is 1.83 bits per heavy atom. The average Bonchev–Trinajstić information content (AvgIpc) is 3.15. The van der Waals surface area contributed by atoms with Crippen LogP contribution in [-0.2, 0) is 12.8 Å². The van der Waals surface area contributed by atoms with Gasteiger partial charge < -0.3 is 4.98 Å². The molecule has 0 aliphatic heterocycles. The Labute approximate surface area is 173 Å². The second-order valence-corrected chi connectivity index (χ2v) is 7.69.